The molecule has 2 heterocycles. The summed E-state index contributed by atoms with van der Waals surface area (Å²) in [5.41, 5.74) is 7.42. The second-order valence-electron chi connectivity index (χ2n) is 22.2. The van der Waals surface area contributed by atoms with Crippen molar-refractivity contribution in [2.24, 2.45) is 17.1 Å². The molecule has 10 atom stereocenters. The molecule has 27 nitrogen and oxygen atoms in total. The number of likely N-dealkylation sites (tertiary alicyclic amines) is 2. The molecule has 0 bridgehead atoms. The fourth-order valence-corrected chi connectivity index (χ4v) is 11.9. The number of rotatable bonds is 26. The van der Waals surface area contributed by atoms with Crippen LogP contribution in [0.15, 0.2) is 33.9 Å². The van der Waals surface area contributed by atoms with Crippen LogP contribution < -0.4 is 37.6 Å². The maximum atomic E-state index is 14.2. The quantitative estimate of drug-likeness (QED) is 0.0288. The van der Waals surface area contributed by atoms with Crippen LogP contribution in [0.4, 0.5) is 0 Å². The van der Waals surface area contributed by atoms with E-state index in [9.17, 15) is 83.4 Å². The van der Waals surface area contributed by atoms with Crippen LogP contribution in [-0.2, 0) is 57.5 Å². The fraction of sp³-hybridized carbons (Fsp3) is 0.685. The van der Waals surface area contributed by atoms with E-state index >= 15 is 0 Å². The molecule has 6 rings (SSSR count). The molecule has 0 aromatic rings. The minimum atomic E-state index is -1.82. The molecule has 4 aliphatic carbocycles. The summed E-state index contributed by atoms with van der Waals surface area (Å²) in [6, 6.07) is -12.3. The second-order valence-corrected chi connectivity index (χ2v) is 22.2. The highest BCUT2D eigenvalue weighted by Crippen LogP contribution is 2.65. The summed E-state index contributed by atoms with van der Waals surface area (Å²) in [4.78, 5) is 149. The van der Waals surface area contributed by atoms with Gasteiger partial charge in [-0.15, -0.1) is 0 Å². The van der Waals surface area contributed by atoms with E-state index in [1.54, 1.807) is 13.0 Å². The first-order chi connectivity index (χ1) is 38.3. The second kappa shape index (κ2) is 27.4. The molecular weight excluding hydrogens is 1060 g/mol. The molecule has 6 aliphatic rings. The highest BCUT2D eigenvalue weighted by Gasteiger charge is 2.65. The van der Waals surface area contributed by atoms with Gasteiger partial charge in [-0.3, -0.25) is 47.9 Å². The zero-order valence-electron chi connectivity index (χ0n) is 46.3. The lowest BCUT2D eigenvalue weighted by Crippen LogP contribution is -2.62. The van der Waals surface area contributed by atoms with Crippen LogP contribution in [0, 0.1) is 11.3 Å². The third-order valence-electron chi connectivity index (χ3n) is 16.7. The number of carbonyl (C=O) groups excluding carboxylic acids is 11. The highest BCUT2D eigenvalue weighted by atomic mass is 16.5. The number of ketones is 1. The Hall–Kier alpha value is -6.65. The molecule has 9 amide bonds. The zero-order chi connectivity index (χ0) is 59.7. The van der Waals surface area contributed by atoms with Gasteiger partial charge >= 0.3 is 5.97 Å². The number of Topliss-reactive ketones (excluding diaryl/α,β-unsaturated/α-hetero) is 1. The number of hydrogen-bond acceptors (Lipinski definition) is 18. The van der Waals surface area contributed by atoms with Gasteiger partial charge in [0.05, 0.1) is 39.1 Å². The number of nitrogens with one attached hydrogen (secondary N) is 6. The lowest BCUT2D eigenvalue weighted by atomic mass is 9.67. The Labute approximate surface area is 468 Å². The lowest BCUT2D eigenvalue weighted by molar-refractivity contribution is -0.154. The predicted octanol–water partition coefficient (Wildman–Crippen LogP) is -4.31. The Bertz CT molecular complexity index is 2570. The molecule has 0 unspecified atom stereocenters. The lowest BCUT2D eigenvalue weighted by Gasteiger charge is -2.39. The van der Waals surface area contributed by atoms with Crippen molar-refractivity contribution in [1.82, 2.24) is 41.7 Å². The first kappa shape index (κ1) is 63.5. The van der Waals surface area contributed by atoms with Crippen molar-refractivity contribution in [1.29, 1.82) is 0 Å². The van der Waals surface area contributed by atoms with Crippen LogP contribution in [0.3, 0.4) is 0 Å². The number of β-amino-alcohol motifs (C(OH)–C–C–N with tert-alkyl or cyclic N) is 1. The molecule has 2 saturated carbocycles. The van der Waals surface area contributed by atoms with Crippen molar-refractivity contribution >= 4 is 64.9 Å². The van der Waals surface area contributed by atoms with E-state index in [1.807, 2.05) is 13.8 Å². The third kappa shape index (κ3) is 14.3. The maximum Gasteiger partial charge on any atom is 0.328 e. The normalized spacial score (nSPS) is 24.4. The number of fused-ring (bicyclic) bond motifs is 1. The van der Waals surface area contributed by atoms with Gasteiger partial charge in [0.15, 0.2) is 5.78 Å². The topological polar surface area (TPSA) is 423 Å². The van der Waals surface area contributed by atoms with Gasteiger partial charge in [0, 0.05) is 43.8 Å². The minimum Gasteiger partial charge on any atom is -0.464 e. The molecule has 0 aromatic carbocycles. The van der Waals surface area contributed by atoms with Gasteiger partial charge in [0.2, 0.25) is 53.2 Å². The first-order valence-corrected chi connectivity index (χ1v) is 27.7. The smallest absolute Gasteiger partial charge is 0.328 e. The minimum absolute atomic E-state index is 0.0271. The average molecular weight is 1140 g/mol. The Morgan fingerprint density at radius 1 is 0.728 bits per heavy atom. The van der Waals surface area contributed by atoms with Crippen LogP contribution in [-0.4, -0.2) is 212 Å². The molecule has 2 aliphatic heterocycles. The molecule has 2 saturated heterocycles. The van der Waals surface area contributed by atoms with E-state index in [2.05, 4.69) is 31.9 Å². The number of amides is 9. The summed E-state index contributed by atoms with van der Waals surface area (Å²) in [7, 11) is 0. The Kier molecular flexibility index (Phi) is 21.5. The Morgan fingerprint density at radius 3 is 1.85 bits per heavy atom. The summed E-state index contributed by atoms with van der Waals surface area (Å²) in [5, 5.41) is 76.2. The molecule has 0 radical (unpaired) electrons. The van der Waals surface area contributed by atoms with Crippen molar-refractivity contribution in [3.8, 4) is 0 Å². The van der Waals surface area contributed by atoms with Crippen molar-refractivity contribution in [3.05, 3.63) is 33.9 Å². The monoisotopic (exact) mass is 1140 g/mol. The van der Waals surface area contributed by atoms with Crippen LogP contribution in [0.1, 0.15) is 118 Å². The van der Waals surface area contributed by atoms with Crippen molar-refractivity contribution in [2.75, 3.05) is 46.1 Å². The van der Waals surface area contributed by atoms with E-state index in [1.165, 1.54) is 6.92 Å². The summed E-state index contributed by atoms with van der Waals surface area (Å²) in [5.74, 6) is -10.2. The number of aliphatic hydroxyl groups excluding tert-OH is 5. The Balaban J connectivity index is 1.04. The molecule has 0 aromatic heterocycles. The number of carbonyl (C=O) groups is 11. The number of hydrogen-bond donors (Lipinski definition) is 13. The number of nitrogens with zero attached hydrogens (tertiary/aromatic N) is 2. The Morgan fingerprint density at radius 2 is 1.28 bits per heavy atom. The van der Waals surface area contributed by atoms with Gasteiger partial charge in [-0.05, 0) is 107 Å². The summed E-state index contributed by atoms with van der Waals surface area (Å²) < 4.78 is 5.63. The van der Waals surface area contributed by atoms with E-state index in [0.717, 1.165) is 38.5 Å². The number of allylic oxidation sites excluding steroid dienone is 4. The third-order valence-corrected chi connectivity index (χ3v) is 16.7. The fourth-order valence-electron chi connectivity index (χ4n) is 11.9. The van der Waals surface area contributed by atoms with E-state index in [-0.39, 0.29) is 38.3 Å². The standard InChI is InChI=1S/C54H79N9O18/c1-27-20-33-42(28(2)54(16-17-54)53(4,80)44(33)71)32(27)12-9-19-81-52(79)39-13-8-18-62(39)51(78)38(26-67)60-47(74)35(23-64)57-45(72)34(14-15-41(55)70)56-50(77)43(30-10-6-5-7-11-30)61-48(75)37(25-66)58-46(73)36(24-65)59-49(76)40-21-31(69)22-63(40)29(3)68/h20,30-31,34-40,43,64-67,69,80H,5-19,21-26H2,1-4H3,(H2,55,70)(H,56,77)(H,57,72)(H,58,73)(H,59,76)(H,60,74)(H,61,75)/t31-,34+,35+,36+,37+,38+,39+,40+,43+,53+/m1/s1. The van der Waals surface area contributed by atoms with Gasteiger partial charge in [-0.25, -0.2) is 4.79 Å². The van der Waals surface area contributed by atoms with E-state index in [4.69, 9.17) is 10.5 Å². The van der Waals surface area contributed by atoms with E-state index < -0.39 is 170 Å². The van der Waals surface area contributed by atoms with Gasteiger partial charge in [-0.2, -0.15) is 0 Å². The molecule has 4 fully saturated rings. The SMILES string of the molecule is CC(=O)N1C[C@H](O)C[C@H]1C(=O)N[C@@H](CO)C(=O)N[C@@H](CO)C(=O)N[C@H](C(=O)N[C@@H](CCC(N)=O)C(=O)N[C@@H](CO)C(=O)N[C@@H](CO)C(=O)N1CCC[C@H]1C(=O)OCCCC1=C(C)C=C2C(=O)[C@](C)(O)C3(CC3)C(C)=C21)C1CCCCC1. The van der Waals surface area contributed by atoms with Crippen LogP contribution in [0.25, 0.3) is 0 Å². The van der Waals surface area contributed by atoms with Crippen LogP contribution >= 0.6 is 0 Å². The molecule has 81 heavy (non-hydrogen) atoms. The van der Waals surface area contributed by atoms with Gasteiger partial charge in [-0.1, -0.05) is 24.8 Å². The average Bonchev–Trinajstić information content (AvgIpc) is 3.94. The van der Waals surface area contributed by atoms with Crippen LogP contribution in [0.5, 0.6) is 0 Å². The number of primary amides is 1. The molecular formula is C54H79N9O18. The van der Waals surface area contributed by atoms with Crippen LogP contribution in [0.2, 0.25) is 0 Å². The molecule has 27 heteroatoms. The van der Waals surface area contributed by atoms with Gasteiger partial charge < -0.3 is 82.8 Å². The number of esters is 1. The maximum absolute atomic E-state index is 14.2. The summed E-state index contributed by atoms with van der Waals surface area (Å²) >= 11 is 0. The van der Waals surface area contributed by atoms with Crippen molar-refractivity contribution < 1.29 is 88.1 Å². The van der Waals surface area contributed by atoms with Gasteiger partial charge in [0.1, 0.15) is 53.9 Å². The first-order valence-electron chi connectivity index (χ1n) is 27.7. The largest absolute Gasteiger partial charge is 0.464 e. The molecule has 1 spiro atoms. The zero-order valence-corrected chi connectivity index (χ0v) is 46.3. The summed E-state index contributed by atoms with van der Waals surface area (Å²) in [6.45, 7) is 2.45. The van der Waals surface area contributed by atoms with E-state index in [0.29, 0.717) is 63.4 Å². The predicted molar refractivity (Wildman–Crippen MR) is 282 cm³/mol. The van der Waals surface area contributed by atoms with Crippen molar-refractivity contribution in [3.63, 3.8) is 0 Å². The number of ether oxygens (including phenoxy) is 1. The molecule has 448 valence electrons. The molecule has 14 N–H and O–H groups in total. The highest BCUT2D eigenvalue weighted by molar-refractivity contribution is 6.11. The summed E-state index contributed by atoms with van der Waals surface area (Å²) in [6.07, 6.45) is 5.43. The number of nitrogens with two attached hydrogens (primary N) is 1. The van der Waals surface area contributed by atoms with Crippen molar-refractivity contribution in [2.45, 2.75) is 178 Å². The van der Waals surface area contributed by atoms with Gasteiger partial charge in [0.25, 0.3) is 0 Å². The number of aliphatic hydroxyl groups is 6.